The molecule has 1 rings (SSSR count). The molecule has 11 heteroatoms. The summed E-state index contributed by atoms with van der Waals surface area (Å²) in [6.45, 7) is 3.80. The largest absolute Gasteiger partial charge is 0.456 e. The minimum absolute atomic E-state index is 0.444. The third-order valence-electron chi connectivity index (χ3n) is 3.40. The Morgan fingerprint density at radius 1 is 0.815 bits per heavy atom. The number of esters is 4. The van der Waals surface area contributed by atoms with E-state index in [0.29, 0.717) is 0 Å². The van der Waals surface area contributed by atoms with E-state index in [1.165, 1.54) is 7.11 Å². The summed E-state index contributed by atoms with van der Waals surface area (Å²) in [5, 5.41) is 0. The van der Waals surface area contributed by atoms with Gasteiger partial charge in [-0.05, 0) is 0 Å². The summed E-state index contributed by atoms with van der Waals surface area (Å²) in [5.74, 6) is -3.27. The summed E-state index contributed by atoms with van der Waals surface area (Å²) in [6, 6.07) is 0. The molecule has 0 aromatic carbocycles. The predicted octanol–water partition coefficient (Wildman–Crippen LogP) is 0.0540. The van der Waals surface area contributed by atoms with Crippen LogP contribution in [0.5, 0.6) is 0 Å². The van der Waals surface area contributed by atoms with Gasteiger partial charge in [-0.1, -0.05) is 0 Å². The first kappa shape index (κ1) is 22.8. The second-order valence-corrected chi connectivity index (χ2v) is 5.77. The van der Waals surface area contributed by atoms with Crippen molar-refractivity contribution in [2.24, 2.45) is 0 Å². The molecule has 0 spiro atoms. The van der Waals surface area contributed by atoms with Crippen LogP contribution in [-0.2, 0) is 47.6 Å². The van der Waals surface area contributed by atoms with Crippen LogP contribution >= 0.6 is 0 Å². The Labute approximate surface area is 155 Å². The predicted molar refractivity (Wildman–Crippen MR) is 83.9 cm³/mol. The van der Waals surface area contributed by atoms with Crippen molar-refractivity contribution in [3.05, 3.63) is 0 Å². The first-order valence-electron chi connectivity index (χ1n) is 8.04. The zero-order valence-corrected chi connectivity index (χ0v) is 15.6. The molecule has 3 unspecified atom stereocenters. The van der Waals surface area contributed by atoms with Crippen LogP contribution in [0.25, 0.3) is 0 Å². The Hall–Kier alpha value is -2.27. The monoisotopic (exact) mass is 394 g/mol. The van der Waals surface area contributed by atoms with Gasteiger partial charge in [-0.15, -0.1) is 0 Å². The fourth-order valence-corrected chi connectivity index (χ4v) is 2.61. The van der Waals surface area contributed by atoms with Crippen LogP contribution in [0.15, 0.2) is 0 Å². The smallest absolute Gasteiger partial charge is 0.305 e. The van der Waals surface area contributed by atoms with Crippen molar-refractivity contribution < 1.29 is 52.0 Å². The van der Waals surface area contributed by atoms with Gasteiger partial charge < -0.3 is 28.4 Å². The average molecular weight is 394 g/mol. The molecule has 1 fully saturated rings. The van der Waals surface area contributed by atoms with Gasteiger partial charge in [-0.2, -0.15) is 0 Å². The normalized spacial score (nSPS) is 28.6. The van der Waals surface area contributed by atoms with Gasteiger partial charge in [-0.3, -0.25) is 19.2 Å². The molecule has 154 valence electrons. The molecule has 0 amide bonds. The second-order valence-electron chi connectivity index (χ2n) is 5.77. The fraction of sp³-hybridized carbons (Fsp3) is 0.750. The molecular weight excluding hydrogens is 371 g/mol. The summed E-state index contributed by atoms with van der Waals surface area (Å²) >= 11 is 0. The van der Waals surface area contributed by atoms with E-state index in [0.717, 1.165) is 27.7 Å². The molecule has 0 aromatic rings. The number of alkyl halides is 1. The van der Waals surface area contributed by atoms with Gasteiger partial charge in [-0.25, -0.2) is 4.39 Å². The number of carbonyl (C=O) groups is 4. The second kappa shape index (κ2) is 10.2. The van der Waals surface area contributed by atoms with Crippen molar-refractivity contribution in [3.8, 4) is 0 Å². The van der Waals surface area contributed by atoms with Crippen LogP contribution in [0.1, 0.15) is 27.7 Å². The number of hydrogen-bond acceptors (Lipinski definition) is 10. The fourth-order valence-electron chi connectivity index (χ4n) is 2.61. The Kier molecular flexibility index (Phi) is 8.57. The van der Waals surface area contributed by atoms with E-state index in [4.69, 9.17) is 28.4 Å². The topological polar surface area (TPSA) is 124 Å². The summed E-state index contributed by atoms with van der Waals surface area (Å²) in [4.78, 5) is 45.9. The van der Waals surface area contributed by atoms with Gasteiger partial charge in [0.05, 0.1) is 6.61 Å². The molecular formula is C16H23FO10. The molecule has 1 heterocycles. The summed E-state index contributed by atoms with van der Waals surface area (Å²) < 4.78 is 44.9. The highest BCUT2D eigenvalue weighted by Gasteiger charge is 2.55. The molecule has 1 aliphatic rings. The number of hydrogen-bond donors (Lipinski definition) is 0. The van der Waals surface area contributed by atoms with Crippen LogP contribution in [0.3, 0.4) is 0 Å². The molecule has 0 aromatic heterocycles. The zero-order chi connectivity index (χ0) is 20.7. The number of carbonyl (C=O) groups excluding carboxylic acids is 4. The van der Waals surface area contributed by atoms with E-state index in [2.05, 4.69) is 0 Å². The quantitative estimate of drug-likeness (QED) is 0.432. The van der Waals surface area contributed by atoms with Crippen molar-refractivity contribution in [1.29, 1.82) is 0 Å². The molecule has 10 nitrogen and oxygen atoms in total. The van der Waals surface area contributed by atoms with Crippen LogP contribution < -0.4 is 0 Å². The Bertz CT molecular complexity index is 565. The lowest BCUT2D eigenvalue weighted by atomic mass is 9.95. The third kappa shape index (κ3) is 6.75. The third-order valence-corrected chi connectivity index (χ3v) is 3.40. The van der Waals surface area contributed by atoms with Gasteiger partial charge in [0.2, 0.25) is 12.4 Å². The number of halogens is 1. The Balaban J connectivity index is 3.35. The van der Waals surface area contributed by atoms with Gasteiger partial charge in [0.1, 0.15) is 6.10 Å². The molecule has 27 heavy (non-hydrogen) atoms. The van der Waals surface area contributed by atoms with Crippen LogP contribution in [0.4, 0.5) is 4.39 Å². The molecule has 0 saturated carbocycles. The van der Waals surface area contributed by atoms with E-state index in [-0.39, 0.29) is 0 Å². The molecule has 6 atom stereocenters. The average Bonchev–Trinajstić information content (AvgIpc) is 2.51. The summed E-state index contributed by atoms with van der Waals surface area (Å²) in [6.07, 6.45) is -9.39. The Morgan fingerprint density at radius 3 is 1.70 bits per heavy atom. The maximum absolute atomic E-state index is 14.6. The highest BCUT2D eigenvalue weighted by atomic mass is 19.1. The molecule has 1 aliphatic heterocycles. The van der Waals surface area contributed by atoms with Crippen molar-refractivity contribution in [1.82, 2.24) is 0 Å². The first-order chi connectivity index (χ1) is 12.6. The number of methoxy groups -OCH3 is 1. The minimum Gasteiger partial charge on any atom is -0.456 e. The molecule has 0 radical (unpaired) electrons. The van der Waals surface area contributed by atoms with E-state index >= 15 is 0 Å². The summed E-state index contributed by atoms with van der Waals surface area (Å²) in [5.41, 5.74) is 0. The lowest BCUT2D eigenvalue weighted by Crippen LogP contribution is -2.64. The standard InChI is InChI=1S/C16H23FO10/c1-7(18)23-13-12(11(17)6-22-5)27-16(26-10(4)21)15(25-9(3)20)14(13)24-8(2)19/h11-16H,6H2,1-5H3/t11-,12?,13+,14?,15?,16+/m0/s1. The van der Waals surface area contributed by atoms with Crippen molar-refractivity contribution in [3.63, 3.8) is 0 Å². The maximum Gasteiger partial charge on any atom is 0.305 e. The van der Waals surface area contributed by atoms with Gasteiger partial charge >= 0.3 is 23.9 Å². The van der Waals surface area contributed by atoms with Crippen LogP contribution in [0, 0.1) is 0 Å². The molecule has 1 saturated heterocycles. The molecule has 0 bridgehead atoms. The number of rotatable bonds is 7. The number of ether oxygens (including phenoxy) is 6. The highest BCUT2D eigenvalue weighted by molar-refractivity contribution is 5.69. The summed E-state index contributed by atoms with van der Waals surface area (Å²) in [7, 11) is 1.24. The van der Waals surface area contributed by atoms with Crippen molar-refractivity contribution in [2.45, 2.75) is 64.6 Å². The maximum atomic E-state index is 14.6. The van der Waals surface area contributed by atoms with Crippen molar-refractivity contribution >= 4 is 23.9 Å². The minimum atomic E-state index is -1.84. The van der Waals surface area contributed by atoms with Crippen LogP contribution in [-0.4, -0.2) is 74.5 Å². The SMILES string of the molecule is COC[C@H](F)C1O[C@@H](OC(C)=O)C(OC(C)=O)C(OC(C)=O)[C@@H]1OC(C)=O. The van der Waals surface area contributed by atoms with E-state index in [1.807, 2.05) is 0 Å². The highest BCUT2D eigenvalue weighted by Crippen LogP contribution is 2.32. The lowest BCUT2D eigenvalue weighted by molar-refractivity contribution is -0.305. The van der Waals surface area contributed by atoms with Gasteiger partial charge in [0.15, 0.2) is 18.4 Å². The molecule has 0 N–H and O–H groups in total. The molecule has 0 aliphatic carbocycles. The lowest BCUT2D eigenvalue weighted by Gasteiger charge is -2.44. The van der Waals surface area contributed by atoms with Crippen molar-refractivity contribution in [2.75, 3.05) is 13.7 Å². The van der Waals surface area contributed by atoms with Gasteiger partial charge in [0, 0.05) is 34.8 Å². The Morgan fingerprint density at radius 2 is 1.26 bits per heavy atom. The van der Waals surface area contributed by atoms with E-state index in [9.17, 15) is 23.6 Å². The zero-order valence-electron chi connectivity index (χ0n) is 15.6. The van der Waals surface area contributed by atoms with Crippen LogP contribution in [0.2, 0.25) is 0 Å². The first-order valence-corrected chi connectivity index (χ1v) is 8.04. The van der Waals surface area contributed by atoms with Gasteiger partial charge in [0.25, 0.3) is 0 Å². The van der Waals surface area contributed by atoms with E-state index in [1.54, 1.807) is 0 Å². The van der Waals surface area contributed by atoms with E-state index < -0.39 is 67.4 Å².